The highest BCUT2D eigenvalue weighted by Crippen LogP contribution is 2.25. The predicted molar refractivity (Wildman–Crippen MR) is 64.7 cm³/mol. The molecule has 1 aromatic rings. The van der Waals surface area contributed by atoms with Crippen molar-refractivity contribution in [2.75, 3.05) is 6.54 Å². The van der Waals surface area contributed by atoms with Crippen molar-refractivity contribution in [2.24, 2.45) is 0 Å². The summed E-state index contributed by atoms with van der Waals surface area (Å²) in [6.45, 7) is -0.133. The van der Waals surface area contributed by atoms with Crippen LogP contribution >= 0.6 is 11.6 Å². The molecule has 1 aliphatic rings. The first-order valence-corrected chi connectivity index (χ1v) is 5.97. The van der Waals surface area contributed by atoms with Crippen molar-refractivity contribution < 1.29 is 13.6 Å². The Labute approximate surface area is 109 Å². The maximum Gasteiger partial charge on any atom is 0.262 e. The molecule has 6 heteroatoms. The summed E-state index contributed by atoms with van der Waals surface area (Å²) in [5, 5.41) is 5.74. The van der Waals surface area contributed by atoms with Crippen molar-refractivity contribution in [3.05, 3.63) is 34.9 Å². The fraction of sp³-hybridized carbons (Fsp3) is 0.417. The lowest BCUT2D eigenvalue weighted by atomic mass is 10.1. The number of benzene rings is 1. The van der Waals surface area contributed by atoms with Crippen molar-refractivity contribution in [2.45, 2.75) is 24.9 Å². The highest BCUT2D eigenvalue weighted by Gasteiger charge is 2.42. The number of carbonyl (C=O) groups is 1. The van der Waals surface area contributed by atoms with Crippen LogP contribution in [-0.2, 0) is 11.3 Å². The minimum Gasteiger partial charge on any atom is -0.351 e. The van der Waals surface area contributed by atoms with Crippen molar-refractivity contribution in [3.63, 3.8) is 0 Å². The minimum absolute atomic E-state index is 0.305. The molecule has 2 N–H and O–H groups in total. The summed E-state index contributed by atoms with van der Waals surface area (Å²) in [5.41, 5.74) is 0.873. The van der Waals surface area contributed by atoms with Crippen LogP contribution in [0.15, 0.2) is 24.3 Å². The van der Waals surface area contributed by atoms with E-state index < -0.39 is 30.8 Å². The SMILES string of the molecule is O=C(NCc1ccc(Cl)cc1)C1CC(F)(F)CN1. The second kappa shape index (κ2) is 5.20. The Bertz CT molecular complexity index is 436. The molecule has 1 unspecified atom stereocenters. The van der Waals surface area contributed by atoms with Crippen LogP contribution in [0.5, 0.6) is 0 Å². The first kappa shape index (κ1) is 13.2. The van der Waals surface area contributed by atoms with Gasteiger partial charge in [0.1, 0.15) is 0 Å². The van der Waals surface area contributed by atoms with Crippen LogP contribution in [-0.4, -0.2) is 24.4 Å². The Kier molecular flexibility index (Phi) is 3.82. The quantitative estimate of drug-likeness (QED) is 0.885. The fourth-order valence-electron chi connectivity index (χ4n) is 1.82. The van der Waals surface area contributed by atoms with E-state index in [1.807, 2.05) is 0 Å². The van der Waals surface area contributed by atoms with Crippen molar-refractivity contribution in [3.8, 4) is 0 Å². The van der Waals surface area contributed by atoms with E-state index in [4.69, 9.17) is 11.6 Å². The molecule has 1 saturated heterocycles. The van der Waals surface area contributed by atoms with E-state index >= 15 is 0 Å². The van der Waals surface area contributed by atoms with Gasteiger partial charge in [0.15, 0.2) is 0 Å². The summed E-state index contributed by atoms with van der Waals surface area (Å²) in [5.74, 6) is -3.19. The van der Waals surface area contributed by atoms with Crippen LogP contribution < -0.4 is 10.6 Å². The topological polar surface area (TPSA) is 41.1 Å². The third-order valence-electron chi connectivity index (χ3n) is 2.81. The Morgan fingerprint density at radius 1 is 1.44 bits per heavy atom. The molecule has 0 aromatic heterocycles. The second-order valence-corrected chi connectivity index (χ2v) is 4.77. The summed E-state index contributed by atoms with van der Waals surface area (Å²) < 4.78 is 25.8. The molecule has 0 spiro atoms. The van der Waals surface area contributed by atoms with Gasteiger partial charge in [-0.2, -0.15) is 0 Å². The van der Waals surface area contributed by atoms with Gasteiger partial charge in [-0.3, -0.25) is 10.1 Å². The zero-order chi connectivity index (χ0) is 13.2. The van der Waals surface area contributed by atoms with Gasteiger partial charge in [-0.15, -0.1) is 0 Å². The van der Waals surface area contributed by atoms with E-state index in [0.29, 0.717) is 11.6 Å². The highest BCUT2D eigenvalue weighted by molar-refractivity contribution is 6.30. The minimum atomic E-state index is -2.79. The maximum absolute atomic E-state index is 12.9. The van der Waals surface area contributed by atoms with Crippen molar-refractivity contribution in [1.82, 2.24) is 10.6 Å². The van der Waals surface area contributed by atoms with Gasteiger partial charge in [0, 0.05) is 18.0 Å². The Hall–Kier alpha value is -1.20. The molecule has 1 aromatic carbocycles. The number of amides is 1. The first-order chi connectivity index (χ1) is 8.46. The van der Waals surface area contributed by atoms with E-state index in [0.717, 1.165) is 5.56 Å². The fourth-order valence-corrected chi connectivity index (χ4v) is 1.94. The maximum atomic E-state index is 12.9. The zero-order valence-electron chi connectivity index (χ0n) is 9.55. The van der Waals surface area contributed by atoms with Gasteiger partial charge in [0.2, 0.25) is 5.91 Å². The number of hydrogen-bond donors (Lipinski definition) is 2. The van der Waals surface area contributed by atoms with Crippen LogP contribution in [0.25, 0.3) is 0 Å². The van der Waals surface area contributed by atoms with E-state index in [-0.39, 0.29) is 0 Å². The molecular formula is C12H13ClF2N2O. The van der Waals surface area contributed by atoms with Gasteiger partial charge in [-0.1, -0.05) is 23.7 Å². The number of halogens is 3. The Morgan fingerprint density at radius 3 is 2.67 bits per heavy atom. The summed E-state index contributed by atoms with van der Waals surface area (Å²) in [4.78, 5) is 11.6. The average molecular weight is 275 g/mol. The number of nitrogens with one attached hydrogen (secondary N) is 2. The number of carbonyl (C=O) groups excluding carboxylic acids is 1. The Balaban J connectivity index is 1.84. The van der Waals surface area contributed by atoms with Crippen LogP contribution in [0.3, 0.4) is 0 Å². The zero-order valence-corrected chi connectivity index (χ0v) is 10.3. The molecule has 1 aliphatic heterocycles. The van der Waals surface area contributed by atoms with Crippen molar-refractivity contribution in [1.29, 1.82) is 0 Å². The molecule has 0 radical (unpaired) electrons. The van der Waals surface area contributed by atoms with Gasteiger partial charge in [0.25, 0.3) is 5.92 Å². The molecule has 18 heavy (non-hydrogen) atoms. The van der Waals surface area contributed by atoms with Gasteiger partial charge < -0.3 is 5.32 Å². The molecule has 0 bridgehead atoms. The van der Waals surface area contributed by atoms with Gasteiger partial charge in [-0.05, 0) is 17.7 Å². The predicted octanol–water partition coefficient (Wildman–Crippen LogP) is 1.95. The summed E-state index contributed by atoms with van der Waals surface area (Å²) in [6, 6.07) is 6.17. The summed E-state index contributed by atoms with van der Waals surface area (Å²) in [6.07, 6.45) is -0.445. The lowest BCUT2D eigenvalue weighted by Crippen LogP contribution is -2.39. The molecule has 2 rings (SSSR count). The molecule has 0 saturated carbocycles. The molecule has 1 heterocycles. The van der Waals surface area contributed by atoms with Gasteiger partial charge >= 0.3 is 0 Å². The molecule has 1 fully saturated rings. The number of rotatable bonds is 3. The normalized spacial score (nSPS) is 21.8. The van der Waals surface area contributed by atoms with Crippen LogP contribution in [0.4, 0.5) is 8.78 Å². The number of alkyl halides is 2. The van der Waals surface area contributed by atoms with Crippen LogP contribution in [0, 0.1) is 0 Å². The highest BCUT2D eigenvalue weighted by atomic mass is 35.5. The molecular weight excluding hydrogens is 262 g/mol. The monoisotopic (exact) mass is 274 g/mol. The van der Waals surface area contributed by atoms with Gasteiger partial charge in [0.05, 0.1) is 12.6 Å². The second-order valence-electron chi connectivity index (χ2n) is 4.34. The van der Waals surface area contributed by atoms with E-state index in [1.54, 1.807) is 24.3 Å². The Morgan fingerprint density at radius 2 is 2.11 bits per heavy atom. The molecule has 1 atom stereocenters. The van der Waals surface area contributed by atoms with E-state index in [1.165, 1.54) is 0 Å². The summed E-state index contributed by atoms with van der Waals surface area (Å²) in [7, 11) is 0. The molecule has 1 amide bonds. The lowest BCUT2D eigenvalue weighted by Gasteiger charge is -2.11. The van der Waals surface area contributed by atoms with Gasteiger partial charge in [-0.25, -0.2) is 8.78 Å². The molecule has 0 aliphatic carbocycles. The third-order valence-corrected chi connectivity index (χ3v) is 3.06. The summed E-state index contributed by atoms with van der Waals surface area (Å²) >= 11 is 5.73. The smallest absolute Gasteiger partial charge is 0.262 e. The first-order valence-electron chi connectivity index (χ1n) is 5.60. The number of hydrogen-bond acceptors (Lipinski definition) is 2. The van der Waals surface area contributed by atoms with Crippen molar-refractivity contribution >= 4 is 17.5 Å². The van der Waals surface area contributed by atoms with Crippen LogP contribution in [0.2, 0.25) is 5.02 Å². The molecule has 98 valence electrons. The largest absolute Gasteiger partial charge is 0.351 e. The standard InChI is InChI=1S/C12H13ClF2N2O/c13-9-3-1-8(2-4-9)6-16-11(18)10-5-12(14,15)7-17-10/h1-4,10,17H,5-7H2,(H,16,18). The lowest BCUT2D eigenvalue weighted by molar-refractivity contribution is -0.123. The van der Waals surface area contributed by atoms with E-state index in [2.05, 4.69) is 10.6 Å². The van der Waals surface area contributed by atoms with Crippen LogP contribution in [0.1, 0.15) is 12.0 Å². The third kappa shape index (κ3) is 3.40. The molecule has 3 nitrogen and oxygen atoms in total. The van der Waals surface area contributed by atoms with E-state index in [9.17, 15) is 13.6 Å². The average Bonchev–Trinajstić information content (AvgIpc) is 2.69.